The first-order valence-electron chi connectivity index (χ1n) is 8.52. The second kappa shape index (κ2) is 6.71. The lowest BCUT2D eigenvalue weighted by Crippen LogP contribution is -2.02. The van der Waals surface area contributed by atoms with Crippen molar-refractivity contribution in [2.24, 2.45) is 0 Å². The molecule has 8 nitrogen and oxygen atoms in total. The molecule has 138 valence electrons. The molecule has 0 bridgehead atoms. The number of fused-ring (bicyclic) bond motifs is 1. The summed E-state index contributed by atoms with van der Waals surface area (Å²) in [7, 11) is 3.18. The molecule has 0 aliphatic rings. The summed E-state index contributed by atoms with van der Waals surface area (Å²) in [6.45, 7) is 4.12. The van der Waals surface area contributed by atoms with E-state index in [0.717, 1.165) is 22.2 Å². The van der Waals surface area contributed by atoms with Gasteiger partial charge >= 0.3 is 0 Å². The topological polar surface area (TPSA) is 88.1 Å². The molecule has 4 aromatic rings. The fraction of sp³-hybridized carbons (Fsp3) is 0.263. The molecule has 0 radical (unpaired) electrons. The maximum absolute atomic E-state index is 5.45. The van der Waals surface area contributed by atoms with Gasteiger partial charge in [-0.15, -0.1) is 5.10 Å². The van der Waals surface area contributed by atoms with Crippen molar-refractivity contribution in [3.05, 3.63) is 36.4 Å². The van der Waals surface area contributed by atoms with E-state index in [4.69, 9.17) is 14.0 Å². The van der Waals surface area contributed by atoms with Gasteiger partial charge in [-0.2, -0.15) is 4.98 Å². The van der Waals surface area contributed by atoms with Crippen molar-refractivity contribution in [1.29, 1.82) is 0 Å². The van der Waals surface area contributed by atoms with Crippen molar-refractivity contribution in [3.63, 3.8) is 0 Å². The van der Waals surface area contributed by atoms with Gasteiger partial charge in [-0.05, 0) is 50.2 Å². The third kappa shape index (κ3) is 2.99. The molecular formula is C19H19N5O3. The van der Waals surface area contributed by atoms with Crippen LogP contribution in [0.15, 0.2) is 40.9 Å². The van der Waals surface area contributed by atoms with Crippen LogP contribution >= 0.6 is 0 Å². The van der Waals surface area contributed by atoms with Crippen LogP contribution in [0.3, 0.4) is 0 Å². The van der Waals surface area contributed by atoms with E-state index in [2.05, 4.69) is 34.3 Å². The minimum atomic E-state index is 0.206. The third-order valence-corrected chi connectivity index (χ3v) is 4.27. The van der Waals surface area contributed by atoms with Crippen molar-refractivity contribution in [2.45, 2.75) is 19.9 Å². The predicted molar refractivity (Wildman–Crippen MR) is 99.7 cm³/mol. The van der Waals surface area contributed by atoms with Crippen LogP contribution in [0.1, 0.15) is 19.9 Å². The molecule has 8 heteroatoms. The van der Waals surface area contributed by atoms with E-state index in [9.17, 15) is 0 Å². The van der Waals surface area contributed by atoms with E-state index in [1.54, 1.807) is 26.4 Å². The Morgan fingerprint density at radius 1 is 0.963 bits per heavy atom. The molecular weight excluding hydrogens is 346 g/mol. The number of ether oxygens (including phenoxy) is 2. The smallest absolute Gasteiger partial charge is 0.258 e. The fourth-order valence-electron chi connectivity index (χ4n) is 2.88. The standard InChI is InChI=1S/C19H19N5O3/c1-11(2)24-15-9-12(5-7-14(15)21-23-24)18-20-19(27-22-18)13-6-8-16(25-3)17(10-13)26-4/h5-11H,1-4H3. The second-order valence-electron chi connectivity index (χ2n) is 6.32. The van der Waals surface area contributed by atoms with Gasteiger partial charge in [0, 0.05) is 17.2 Å². The van der Waals surface area contributed by atoms with E-state index < -0.39 is 0 Å². The third-order valence-electron chi connectivity index (χ3n) is 4.27. The Morgan fingerprint density at radius 3 is 2.48 bits per heavy atom. The van der Waals surface area contributed by atoms with E-state index >= 15 is 0 Å². The molecule has 2 heterocycles. The Kier molecular flexibility index (Phi) is 4.23. The molecule has 0 N–H and O–H groups in total. The fourth-order valence-corrected chi connectivity index (χ4v) is 2.88. The highest BCUT2D eigenvalue weighted by molar-refractivity contribution is 5.80. The minimum Gasteiger partial charge on any atom is -0.493 e. The summed E-state index contributed by atoms with van der Waals surface area (Å²) < 4.78 is 17.9. The van der Waals surface area contributed by atoms with Gasteiger partial charge in [-0.3, -0.25) is 0 Å². The van der Waals surface area contributed by atoms with E-state index in [1.807, 2.05) is 28.9 Å². The van der Waals surface area contributed by atoms with Crippen LogP contribution in [0.2, 0.25) is 0 Å². The molecule has 0 aliphatic carbocycles. The first kappa shape index (κ1) is 17.0. The Hall–Kier alpha value is -3.42. The zero-order valence-corrected chi connectivity index (χ0v) is 15.5. The van der Waals surface area contributed by atoms with Crippen molar-refractivity contribution < 1.29 is 14.0 Å². The first-order chi connectivity index (χ1) is 13.1. The van der Waals surface area contributed by atoms with Gasteiger partial charge < -0.3 is 14.0 Å². The normalized spacial score (nSPS) is 11.3. The van der Waals surface area contributed by atoms with Gasteiger partial charge in [0.05, 0.1) is 19.7 Å². The van der Waals surface area contributed by atoms with Crippen LogP contribution < -0.4 is 9.47 Å². The Balaban J connectivity index is 1.72. The average Bonchev–Trinajstić information content (AvgIpc) is 3.34. The largest absolute Gasteiger partial charge is 0.493 e. The van der Waals surface area contributed by atoms with Crippen molar-refractivity contribution in [3.8, 4) is 34.3 Å². The van der Waals surface area contributed by atoms with Gasteiger partial charge in [-0.25, -0.2) is 4.68 Å². The van der Waals surface area contributed by atoms with Crippen molar-refractivity contribution >= 4 is 11.0 Å². The zero-order valence-electron chi connectivity index (χ0n) is 15.5. The molecule has 0 atom stereocenters. The molecule has 4 rings (SSSR count). The Morgan fingerprint density at radius 2 is 1.74 bits per heavy atom. The summed E-state index contributed by atoms with van der Waals surface area (Å²) in [4.78, 5) is 4.52. The second-order valence-corrected chi connectivity index (χ2v) is 6.32. The lowest BCUT2D eigenvalue weighted by Gasteiger charge is -2.07. The number of benzene rings is 2. The van der Waals surface area contributed by atoms with Gasteiger partial charge in [0.2, 0.25) is 5.82 Å². The zero-order chi connectivity index (χ0) is 19.0. The Bertz CT molecular complexity index is 1100. The summed E-state index contributed by atoms with van der Waals surface area (Å²) in [6, 6.07) is 11.4. The number of hydrogen-bond donors (Lipinski definition) is 0. The lowest BCUT2D eigenvalue weighted by atomic mass is 10.1. The molecule has 2 aromatic carbocycles. The van der Waals surface area contributed by atoms with E-state index in [0.29, 0.717) is 23.2 Å². The quantitative estimate of drug-likeness (QED) is 0.532. The van der Waals surface area contributed by atoms with Crippen LogP contribution in [-0.2, 0) is 0 Å². The highest BCUT2D eigenvalue weighted by Gasteiger charge is 2.15. The van der Waals surface area contributed by atoms with Crippen LogP contribution in [-0.4, -0.2) is 39.4 Å². The monoisotopic (exact) mass is 365 g/mol. The molecule has 0 fully saturated rings. The molecule has 2 aromatic heterocycles. The minimum absolute atomic E-state index is 0.206. The number of hydrogen-bond acceptors (Lipinski definition) is 7. The maximum atomic E-state index is 5.45. The van der Waals surface area contributed by atoms with E-state index in [1.165, 1.54) is 0 Å². The van der Waals surface area contributed by atoms with Gasteiger partial charge in [-0.1, -0.05) is 10.4 Å². The van der Waals surface area contributed by atoms with Crippen molar-refractivity contribution in [1.82, 2.24) is 25.1 Å². The number of aromatic nitrogens is 5. The summed E-state index contributed by atoms with van der Waals surface area (Å²) >= 11 is 0. The van der Waals surface area contributed by atoms with E-state index in [-0.39, 0.29) is 6.04 Å². The number of rotatable bonds is 5. The van der Waals surface area contributed by atoms with Crippen LogP contribution in [0.25, 0.3) is 33.9 Å². The van der Waals surface area contributed by atoms with Gasteiger partial charge in [0.25, 0.3) is 5.89 Å². The average molecular weight is 365 g/mol. The summed E-state index contributed by atoms with van der Waals surface area (Å²) in [6.07, 6.45) is 0. The number of nitrogens with zero attached hydrogens (tertiary/aromatic N) is 5. The first-order valence-corrected chi connectivity index (χ1v) is 8.52. The molecule has 27 heavy (non-hydrogen) atoms. The summed E-state index contributed by atoms with van der Waals surface area (Å²) in [5, 5.41) is 12.5. The molecule has 0 saturated carbocycles. The molecule has 0 aliphatic heterocycles. The predicted octanol–water partition coefficient (Wildman–Crippen LogP) is 3.75. The molecule has 0 unspecified atom stereocenters. The van der Waals surface area contributed by atoms with Gasteiger partial charge in [0.1, 0.15) is 5.52 Å². The van der Waals surface area contributed by atoms with Crippen LogP contribution in [0.4, 0.5) is 0 Å². The SMILES string of the molecule is COc1ccc(-c2nc(-c3ccc4nnn(C(C)C)c4c3)no2)cc1OC. The number of methoxy groups -OCH3 is 2. The summed E-state index contributed by atoms with van der Waals surface area (Å²) in [5.74, 6) is 2.14. The maximum Gasteiger partial charge on any atom is 0.258 e. The molecule has 0 amide bonds. The molecule has 0 saturated heterocycles. The Labute approximate surface area is 155 Å². The highest BCUT2D eigenvalue weighted by Crippen LogP contribution is 2.32. The lowest BCUT2D eigenvalue weighted by molar-refractivity contribution is 0.355. The summed E-state index contributed by atoms with van der Waals surface area (Å²) in [5.41, 5.74) is 3.35. The molecule has 0 spiro atoms. The van der Waals surface area contributed by atoms with Gasteiger partial charge in [0.15, 0.2) is 11.5 Å². The van der Waals surface area contributed by atoms with Crippen LogP contribution in [0.5, 0.6) is 11.5 Å². The van der Waals surface area contributed by atoms with Crippen molar-refractivity contribution in [2.75, 3.05) is 14.2 Å². The van der Waals surface area contributed by atoms with Crippen LogP contribution in [0, 0.1) is 0 Å². The highest BCUT2D eigenvalue weighted by atomic mass is 16.5.